The van der Waals surface area contributed by atoms with Gasteiger partial charge in [0, 0.05) is 5.02 Å². The molecule has 2 aromatic carbocycles. The summed E-state index contributed by atoms with van der Waals surface area (Å²) in [5.74, 6) is -0.0348. The average molecular weight is 281 g/mol. The maximum Gasteiger partial charge on any atom is 0.315 e. The van der Waals surface area contributed by atoms with E-state index in [4.69, 9.17) is 27.9 Å². The third kappa shape index (κ3) is 3.49. The predicted molar refractivity (Wildman–Crippen MR) is 72.2 cm³/mol. The molecule has 0 bridgehead atoms. The van der Waals surface area contributed by atoms with Gasteiger partial charge in [-0.2, -0.15) is 0 Å². The third-order valence-corrected chi connectivity index (χ3v) is 2.84. The molecule has 2 aromatic rings. The zero-order valence-electron chi connectivity index (χ0n) is 9.40. The highest BCUT2D eigenvalue weighted by molar-refractivity contribution is 6.35. The van der Waals surface area contributed by atoms with Crippen LogP contribution in [-0.4, -0.2) is 5.97 Å². The van der Waals surface area contributed by atoms with E-state index in [1.54, 1.807) is 12.1 Å². The molecular formula is C14H10Cl2O2. The van der Waals surface area contributed by atoms with Crippen molar-refractivity contribution in [2.45, 2.75) is 6.42 Å². The molecule has 2 nitrogen and oxygen atoms in total. The van der Waals surface area contributed by atoms with Crippen LogP contribution in [0.5, 0.6) is 5.75 Å². The van der Waals surface area contributed by atoms with Crippen LogP contribution in [0.3, 0.4) is 0 Å². The Kier molecular flexibility index (Phi) is 4.24. The third-order valence-electron chi connectivity index (χ3n) is 2.31. The number of carbonyl (C=O) groups excluding carboxylic acids is 1. The molecule has 4 heteroatoms. The van der Waals surface area contributed by atoms with Crippen molar-refractivity contribution >= 4 is 29.2 Å². The van der Waals surface area contributed by atoms with E-state index in [1.807, 2.05) is 30.3 Å². The van der Waals surface area contributed by atoms with Crippen molar-refractivity contribution in [3.8, 4) is 5.75 Å². The summed E-state index contributed by atoms with van der Waals surface area (Å²) in [6, 6.07) is 14.1. The van der Waals surface area contributed by atoms with E-state index < -0.39 is 0 Å². The lowest BCUT2D eigenvalue weighted by Gasteiger charge is -2.06. The van der Waals surface area contributed by atoms with Gasteiger partial charge in [-0.05, 0) is 23.8 Å². The Bertz CT molecular complexity index is 553. The van der Waals surface area contributed by atoms with Crippen LogP contribution in [0.15, 0.2) is 48.5 Å². The first-order chi connectivity index (χ1) is 8.65. The van der Waals surface area contributed by atoms with Crippen molar-refractivity contribution < 1.29 is 9.53 Å². The van der Waals surface area contributed by atoms with E-state index in [0.717, 1.165) is 5.56 Å². The fraction of sp³-hybridized carbons (Fsp3) is 0.0714. The molecule has 0 amide bonds. The molecule has 92 valence electrons. The number of carbonyl (C=O) groups is 1. The lowest BCUT2D eigenvalue weighted by molar-refractivity contribution is -0.133. The molecule has 0 aliphatic heterocycles. The smallest absolute Gasteiger partial charge is 0.315 e. The van der Waals surface area contributed by atoms with Crippen LogP contribution in [0.2, 0.25) is 10.0 Å². The number of halogens is 2. The van der Waals surface area contributed by atoms with Crippen LogP contribution in [0.1, 0.15) is 5.56 Å². The van der Waals surface area contributed by atoms with Gasteiger partial charge in [0.1, 0.15) is 5.75 Å². The molecule has 0 saturated carbocycles. The normalized spacial score (nSPS) is 10.1. The lowest BCUT2D eigenvalue weighted by atomic mass is 10.2. The van der Waals surface area contributed by atoms with Crippen molar-refractivity contribution in [1.29, 1.82) is 0 Å². The van der Waals surface area contributed by atoms with Crippen molar-refractivity contribution in [3.63, 3.8) is 0 Å². The molecule has 0 aliphatic carbocycles. The molecule has 0 unspecified atom stereocenters. The molecule has 2 rings (SSSR count). The molecule has 0 aliphatic rings. The van der Waals surface area contributed by atoms with Gasteiger partial charge in [0.25, 0.3) is 0 Å². The zero-order chi connectivity index (χ0) is 13.0. The summed E-state index contributed by atoms with van der Waals surface area (Å²) in [6.07, 6.45) is 0.208. The molecule has 0 radical (unpaired) electrons. The van der Waals surface area contributed by atoms with Gasteiger partial charge < -0.3 is 4.74 Å². The summed E-state index contributed by atoms with van der Waals surface area (Å²) < 4.78 is 5.17. The number of rotatable bonds is 3. The minimum atomic E-state index is -0.356. The van der Waals surface area contributed by atoms with Crippen LogP contribution in [0.4, 0.5) is 0 Å². The van der Waals surface area contributed by atoms with Gasteiger partial charge >= 0.3 is 5.97 Å². The number of hydrogen-bond acceptors (Lipinski definition) is 2. The molecular weight excluding hydrogens is 271 g/mol. The summed E-state index contributed by atoms with van der Waals surface area (Å²) in [4.78, 5) is 11.7. The predicted octanol–water partition coefficient (Wildman–Crippen LogP) is 4.14. The highest BCUT2D eigenvalue weighted by Crippen LogP contribution is 2.27. The molecule has 0 heterocycles. The molecule has 0 fully saturated rings. The summed E-state index contributed by atoms with van der Waals surface area (Å²) in [5, 5.41) is 0.826. The van der Waals surface area contributed by atoms with E-state index >= 15 is 0 Å². The van der Waals surface area contributed by atoms with Crippen molar-refractivity contribution in [2.75, 3.05) is 0 Å². The molecule has 18 heavy (non-hydrogen) atoms. The van der Waals surface area contributed by atoms with E-state index in [0.29, 0.717) is 15.8 Å². The van der Waals surface area contributed by atoms with Crippen molar-refractivity contribution in [2.24, 2.45) is 0 Å². The summed E-state index contributed by atoms with van der Waals surface area (Å²) >= 11 is 11.7. The van der Waals surface area contributed by atoms with E-state index in [9.17, 15) is 4.79 Å². The summed E-state index contributed by atoms with van der Waals surface area (Å²) in [5.41, 5.74) is 0.896. The second kappa shape index (κ2) is 5.89. The van der Waals surface area contributed by atoms with Gasteiger partial charge in [-0.25, -0.2) is 0 Å². The Morgan fingerprint density at radius 1 is 1.06 bits per heavy atom. The maximum atomic E-state index is 11.7. The fourth-order valence-corrected chi connectivity index (χ4v) is 1.93. The van der Waals surface area contributed by atoms with Gasteiger partial charge in [-0.1, -0.05) is 53.5 Å². The highest BCUT2D eigenvalue weighted by atomic mass is 35.5. The number of ether oxygens (including phenoxy) is 1. The Hall–Kier alpha value is -1.51. The number of hydrogen-bond donors (Lipinski definition) is 0. The van der Waals surface area contributed by atoms with Gasteiger partial charge in [0.2, 0.25) is 0 Å². The Labute approximate surface area is 115 Å². The molecule has 0 atom stereocenters. The topological polar surface area (TPSA) is 26.3 Å². The van der Waals surface area contributed by atoms with E-state index in [-0.39, 0.29) is 12.4 Å². The standard InChI is InChI=1S/C14H10Cl2O2/c15-11-6-7-13(12(16)9-11)18-14(17)8-10-4-2-1-3-5-10/h1-7,9H,8H2. The summed E-state index contributed by atoms with van der Waals surface area (Å²) in [7, 11) is 0. The highest BCUT2D eigenvalue weighted by Gasteiger charge is 2.09. The first-order valence-corrected chi connectivity index (χ1v) is 6.10. The van der Waals surface area contributed by atoms with Crippen LogP contribution >= 0.6 is 23.2 Å². The zero-order valence-corrected chi connectivity index (χ0v) is 10.9. The van der Waals surface area contributed by atoms with E-state index in [1.165, 1.54) is 6.07 Å². The molecule has 0 N–H and O–H groups in total. The second-order valence-electron chi connectivity index (χ2n) is 3.71. The van der Waals surface area contributed by atoms with Gasteiger partial charge in [-0.3, -0.25) is 4.79 Å². The second-order valence-corrected chi connectivity index (χ2v) is 4.55. The monoisotopic (exact) mass is 280 g/mol. The van der Waals surface area contributed by atoms with Crippen molar-refractivity contribution in [1.82, 2.24) is 0 Å². The van der Waals surface area contributed by atoms with E-state index in [2.05, 4.69) is 0 Å². The van der Waals surface area contributed by atoms with Gasteiger partial charge in [0.15, 0.2) is 0 Å². The fourth-order valence-electron chi connectivity index (χ4n) is 1.48. The lowest BCUT2D eigenvalue weighted by Crippen LogP contribution is -2.11. The van der Waals surface area contributed by atoms with Crippen LogP contribution in [-0.2, 0) is 11.2 Å². The minimum absolute atomic E-state index is 0.208. The number of benzene rings is 2. The molecule has 0 spiro atoms. The Morgan fingerprint density at radius 3 is 2.44 bits per heavy atom. The van der Waals surface area contributed by atoms with Crippen LogP contribution in [0.25, 0.3) is 0 Å². The van der Waals surface area contributed by atoms with Crippen LogP contribution < -0.4 is 4.74 Å². The maximum absolute atomic E-state index is 11.7. The average Bonchev–Trinajstić information content (AvgIpc) is 2.34. The van der Waals surface area contributed by atoms with Gasteiger partial charge in [-0.15, -0.1) is 0 Å². The van der Waals surface area contributed by atoms with Gasteiger partial charge in [0.05, 0.1) is 11.4 Å². The molecule has 0 saturated heterocycles. The minimum Gasteiger partial charge on any atom is -0.425 e. The largest absolute Gasteiger partial charge is 0.425 e. The first-order valence-electron chi connectivity index (χ1n) is 5.35. The quantitative estimate of drug-likeness (QED) is 0.624. The SMILES string of the molecule is O=C(Cc1ccccc1)Oc1ccc(Cl)cc1Cl. The first kappa shape index (κ1) is 12.9. The molecule has 0 aromatic heterocycles. The Balaban J connectivity index is 2.03. The van der Waals surface area contributed by atoms with Crippen LogP contribution in [0, 0.1) is 0 Å². The summed E-state index contributed by atoms with van der Waals surface area (Å²) in [6.45, 7) is 0. The van der Waals surface area contributed by atoms with Crippen molar-refractivity contribution in [3.05, 3.63) is 64.1 Å². The Morgan fingerprint density at radius 2 is 1.78 bits per heavy atom. The number of esters is 1.